The second kappa shape index (κ2) is 7.55. The van der Waals surface area contributed by atoms with Gasteiger partial charge in [-0.2, -0.15) is 0 Å². The van der Waals surface area contributed by atoms with E-state index in [2.05, 4.69) is 15.3 Å². The van der Waals surface area contributed by atoms with Gasteiger partial charge in [0.25, 0.3) is 11.5 Å². The van der Waals surface area contributed by atoms with Crippen molar-refractivity contribution in [2.24, 2.45) is 0 Å². The van der Waals surface area contributed by atoms with Gasteiger partial charge in [-0.1, -0.05) is 12.1 Å². The zero-order chi connectivity index (χ0) is 19.6. The van der Waals surface area contributed by atoms with E-state index < -0.39 is 28.9 Å². The zero-order valence-corrected chi connectivity index (χ0v) is 14.5. The van der Waals surface area contributed by atoms with Gasteiger partial charge in [-0.25, -0.2) is 4.39 Å². The first-order valence-electron chi connectivity index (χ1n) is 8.29. The number of hydrogen-bond acceptors (Lipinski definition) is 5. The van der Waals surface area contributed by atoms with E-state index in [9.17, 15) is 24.2 Å². The number of carbonyl (C=O) groups is 1. The lowest BCUT2D eigenvalue weighted by atomic mass is 10.1. The predicted molar refractivity (Wildman–Crippen MR) is 97.2 cm³/mol. The third-order valence-electron chi connectivity index (χ3n) is 3.99. The smallest absolute Gasteiger partial charge is 0.265 e. The SMILES string of the molecule is C[C@@H](O)CNC(=O)c1c(O)c2ncc(Cc3ccc(F)cc3)cc2[nH]c1=O. The van der Waals surface area contributed by atoms with Crippen LogP contribution in [0.5, 0.6) is 5.75 Å². The number of aromatic amines is 1. The summed E-state index contributed by atoms with van der Waals surface area (Å²) < 4.78 is 13.0. The van der Waals surface area contributed by atoms with Gasteiger partial charge in [-0.05, 0) is 42.7 Å². The Kier molecular flexibility index (Phi) is 5.18. The van der Waals surface area contributed by atoms with Gasteiger partial charge < -0.3 is 20.5 Å². The molecule has 7 nitrogen and oxygen atoms in total. The number of pyridine rings is 2. The van der Waals surface area contributed by atoms with Crippen molar-refractivity contribution >= 4 is 16.9 Å². The summed E-state index contributed by atoms with van der Waals surface area (Å²) in [6, 6.07) is 7.65. The molecule has 1 amide bonds. The molecule has 0 spiro atoms. The van der Waals surface area contributed by atoms with Gasteiger partial charge in [-0.15, -0.1) is 0 Å². The minimum Gasteiger partial charge on any atom is -0.505 e. The Morgan fingerprint density at radius 3 is 2.67 bits per heavy atom. The number of carbonyl (C=O) groups excluding carboxylic acids is 1. The van der Waals surface area contributed by atoms with Gasteiger partial charge in [0, 0.05) is 12.7 Å². The largest absolute Gasteiger partial charge is 0.505 e. The molecule has 1 atom stereocenters. The number of aromatic hydroxyl groups is 1. The van der Waals surface area contributed by atoms with Gasteiger partial charge in [0.05, 0.1) is 11.6 Å². The molecule has 0 bridgehead atoms. The number of aliphatic hydroxyl groups is 1. The van der Waals surface area contributed by atoms with Crippen LogP contribution in [0.1, 0.15) is 28.4 Å². The molecule has 2 heterocycles. The van der Waals surface area contributed by atoms with E-state index in [4.69, 9.17) is 0 Å². The molecule has 8 heteroatoms. The van der Waals surface area contributed by atoms with E-state index in [1.807, 2.05) is 0 Å². The molecule has 0 radical (unpaired) electrons. The second-order valence-corrected chi connectivity index (χ2v) is 6.28. The average molecular weight is 371 g/mol. The van der Waals surface area contributed by atoms with Crippen LogP contribution in [-0.2, 0) is 6.42 Å². The molecule has 3 rings (SSSR count). The van der Waals surface area contributed by atoms with Gasteiger partial charge in [0.2, 0.25) is 0 Å². The molecule has 1 aromatic carbocycles. The molecular weight excluding hydrogens is 353 g/mol. The van der Waals surface area contributed by atoms with Crippen molar-refractivity contribution in [2.75, 3.05) is 6.54 Å². The number of aliphatic hydroxyl groups excluding tert-OH is 1. The number of hydrogen-bond donors (Lipinski definition) is 4. The van der Waals surface area contributed by atoms with Crippen LogP contribution in [0.4, 0.5) is 4.39 Å². The number of rotatable bonds is 5. The van der Waals surface area contributed by atoms with Gasteiger partial charge in [0.15, 0.2) is 5.75 Å². The Morgan fingerprint density at radius 1 is 1.30 bits per heavy atom. The first-order valence-corrected chi connectivity index (χ1v) is 8.29. The lowest BCUT2D eigenvalue weighted by molar-refractivity contribution is 0.0920. The molecule has 0 aliphatic heterocycles. The summed E-state index contributed by atoms with van der Waals surface area (Å²) in [5.74, 6) is -1.65. The lowest BCUT2D eigenvalue weighted by Crippen LogP contribution is -2.34. The molecule has 0 saturated heterocycles. The normalized spacial score (nSPS) is 12.1. The Hall–Kier alpha value is -3.26. The number of H-pyrrole nitrogens is 1. The highest BCUT2D eigenvalue weighted by Gasteiger charge is 2.20. The molecule has 140 valence electrons. The molecule has 2 aromatic heterocycles. The Morgan fingerprint density at radius 2 is 2.00 bits per heavy atom. The maximum atomic E-state index is 13.0. The number of amides is 1. The van der Waals surface area contributed by atoms with Crippen LogP contribution >= 0.6 is 0 Å². The molecule has 0 saturated carbocycles. The number of halogens is 1. The van der Waals surface area contributed by atoms with Crippen LogP contribution in [0.3, 0.4) is 0 Å². The third kappa shape index (κ3) is 4.12. The highest BCUT2D eigenvalue weighted by Crippen LogP contribution is 2.24. The Bertz CT molecular complexity index is 1050. The summed E-state index contributed by atoms with van der Waals surface area (Å²) >= 11 is 0. The summed E-state index contributed by atoms with van der Waals surface area (Å²) in [7, 11) is 0. The molecule has 0 unspecified atom stereocenters. The predicted octanol–water partition coefficient (Wildman–Crippen LogP) is 1.47. The molecule has 27 heavy (non-hydrogen) atoms. The molecule has 0 fully saturated rings. The molecule has 4 N–H and O–H groups in total. The van der Waals surface area contributed by atoms with Crippen molar-refractivity contribution in [2.45, 2.75) is 19.4 Å². The van der Waals surface area contributed by atoms with Crippen LogP contribution in [-0.4, -0.2) is 38.7 Å². The summed E-state index contributed by atoms with van der Waals surface area (Å²) in [6.45, 7) is 1.43. The summed E-state index contributed by atoms with van der Waals surface area (Å²) in [4.78, 5) is 31.0. The van der Waals surface area contributed by atoms with Crippen LogP contribution < -0.4 is 10.9 Å². The lowest BCUT2D eigenvalue weighted by Gasteiger charge is -2.10. The van der Waals surface area contributed by atoms with Crippen LogP contribution in [0.25, 0.3) is 11.0 Å². The van der Waals surface area contributed by atoms with E-state index in [1.165, 1.54) is 25.3 Å². The van der Waals surface area contributed by atoms with Crippen molar-refractivity contribution in [3.05, 3.63) is 69.4 Å². The maximum absolute atomic E-state index is 13.0. The zero-order valence-electron chi connectivity index (χ0n) is 14.5. The monoisotopic (exact) mass is 371 g/mol. The van der Waals surface area contributed by atoms with Crippen molar-refractivity contribution in [1.82, 2.24) is 15.3 Å². The fourth-order valence-corrected chi connectivity index (χ4v) is 2.68. The van der Waals surface area contributed by atoms with E-state index >= 15 is 0 Å². The third-order valence-corrected chi connectivity index (χ3v) is 3.99. The van der Waals surface area contributed by atoms with E-state index in [-0.39, 0.29) is 23.4 Å². The number of nitrogens with one attached hydrogen (secondary N) is 2. The van der Waals surface area contributed by atoms with E-state index in [1.54, 1.807) is 18.2 Å². The molecule has 3 aromatic rings. The van der Waals surface area contributed by atoms with Crippen LogP contribution in [0.2, 0.25) is 0 Å². The van der Waals surface area contributed by atoms with Gasteiger partial charge in [-0.3, -0.25) is 14.6 Å². The summed E-state index contributed by atoms with van der Waals surface area (Å²) in [6.07, 6.45) is 1.19. The quantitative estimate of drug-likeness (QED) is 0.542. The fraction of sp³-hybridized carbons (Fsp3) is 0.211. The highest BCUT2D eigenvalue weighted by molar-refractivity contribution is 6.01. The summed E-state index contributed by atoms with van der Waals surface area (Å²) in [5, 5.41) is 21.9. The van der Waals surface area contributed by atoms with E-state index in [0.717, 1.165) is 11.1 Å². The Labute approximate surface area is 153 Å². The van der Waals surface area contributed by atoms with Crippen LogP contribution in [0.15, 0.2) is 41.3 Å². The summed E-state index contributed by atoms with van der Waals surface area (Å²) in [5.41, 5.74) is 0.753. The average Bonchev–Trinajstić information content (AvgIpc) is 2.61. The van der Waals surface area contributed by atoms with E-state index in [0.29, 0.717) is 6.42 Å². The minimum atomic E-state index is -0.797. The topological polar surface area (TPSA) is 115 Å². The minimum absolute atomic E-state index is 0.0558. The Balaban J connectivity index is 1.94. The number of benzene rings is 1. The first kappa shape index (κ1) is 18.5. The molecular formula is C19H18FN3O4. The van der Waals surface area contributed by atoms with Crippen molar-refractivity contribution in [3.63, 3.8) is 0 Å². The maximum Gasteiger partial charge on any atom is 0.265 e. The molecule has 0 aliphatic carbocycles. The number of fused-ring (bicyclic) bond motifs is 1. The standard InChI is InChI=1S/C19H18FN3O4/c1-10(24)8-22-18(26)15-17(25)16-14(23-19(15)27)7-12(9-21-16)6-11-2-4-13(20)5-3-11/h2-5,7,9-10,24H,6,8H2,1H3,(H,22,26)(H2,23,25,27)/t10-/m1/s1. The van der Waals surface area contributed by atoms with Gasteiger partial charge >= 0.3 is 0 Å². The van der Waals surface area contributed by atoms with Gasteiger partial charge in [0.1, 0.15) is 16.9 Å². The fourth-order valence-electron chi connectivity index (χ4n) is 2.68. The van der Waals surface area contributed by atoms with Crippen LogP contribution in [0, 0.1) is 5.82 Å². The number of aromatic nitrogens is 2. The first-order chi connectivity index (χ1) is 12.8. The van der Waals surface area contributed by atoms with Crippen molar-refractivity contribution < 1.29 is 19.4 Å². The number of nitrogens with zero attached hydrogens (tertiary/aromatic N) is 1. The highest BCUT2D eigenvalue weighted by atomic mass is 19.1. The van der Waals surface area contributed by atoms with Crippen molar-refractivity contribution in [3.8, 4) is 5.75 Å². The second-order valence-electron chi connectivity index (χ2n) is 6.28. The molecule has 0 aliphatic rings. The van der Waals surface area contributed by atoms with Crippen molar-refractivity contribution in [1.29, 1.82) is 0 Å².